The molecule has 4 atom stereocenters. The summed E-state index contributed by atoms with van der Waals surface area (Å²) in [6, 6.07) is 0. The molecule has 3 heterocycles. The second-order valence-electron chi connectivity index (χ2n) is 7.04. The lowest BCUT2D eigenvalue weighted by Crippen LogP contribution is -2.40. The highest BCUT2D eigenvalue weighted by molar-refractivity contribution is 5.91. The number of rotatable bonds is 6. The molecule has 2 fully saturated rings. The number of unbranched alkanes of at least 4 members (excludes halogenated alkanes) is 1. The second kappa shape index (κ2) is 5.69. The molecule has 0 aromatic carbocycles. The van der Waals surface area contributed by atoms with E-state index in [1.165, 1.54) is 0 Å². The zero-order chi connectivity index (χ0) is 15.9. The first kappa shape index (κ1) is 15.5. The second-order valence-corrected chi connectivity index (χ2v) is 7.04. The molecule has 3 aliphatic rings. The van der Waals surface area contributed by atoms with Gasteiger partial charge in [-0.3, -0.25) is 9.59 Å². The van der Waals surface area contributed by atoms with E-state index in [9.17, 15) is 9.59 Å². The van der Waals surface area contributed by atoms with Gasteiger partial charge in [0, 0.05) is 6.54 Å². The van der Waals surface area contributed by atoms with Crippen molar-refractivity contribution in [3.05, 3.63) is 12.2 Å². The fourth-order valence-electron chi connectivity index (χ4n) is 3.73. The summed E-state index contributed by atoms with van der Waals surface area (Å²) in [4.78, 5) is 27.0. The summed E-state index contributed by atoms with van der Waals surface area (Å²) in [5.41, 5.74) is -0.600. The van der Waals surface area contributed by atoms with Gasteiger partial charge in [-0.25, -0.2) is 0 Å². The number of nitrogens with zero attached hydrogens (tertiary/aromatic N) is 1. The third-order valence-corrected chi connectivity index (χ3v) is 4.79. The smallest absolute Gasteiger partial charge is 0.312 e. The molecule has 0 aromatic rings. The minimum atomic E-state index is -0.600. The van der Waals surface area contributed by atoms with Crippen LogP contribution in [0.3, 0.4) is 0 Å². The minimum Gasteiger partial charge on any atom is -0.465 e. The minimum absolute atomic E-state index is 0.0480. The van der Waals surface area contributed by atoms with E-state index >= 15 is 0 Å². The van der Waals surface area contributed by atoms with Gasteiger partial charge in [-0.15, -0.1) is 0 Å². The highest BCUT2D eigenvalue weighted by Crippen LogP contribution is 2.52. The molecule has 1 amide bonds. The monoisotopic (exact) mass is 307 g/mol. The van der Waals surface area contributed by atoms with Crippen LogP contribution in [-0.2, 0) is 19.1 Å². The number of carbonyl (C=O) groups is 2. The van der Waals surface area contributed by atoms with Crippen molar-refractivity contribution >= 4 is 11.9 Å². The molecule has 0 radical (unpaired) electrons. The number of ether oxygens (including phenoxy) is 2. The Hall–Kier alpha value is -1.36. The molecular weight excluding hydrogens is 282 g/mol. The standard InChI is InChI=1S/C17H25NO4/c1-4-5-8-18-10-17-7-6-12(22-17)13(14(17)15(18)19)16(20)21-9-11(2)3/h6-7,11-14H,4-5,8-10H2,1-3H3/t12-,13+,14-,17+/m0/s1. The lowest BCUT2D eigenvalue weighted by molar-refractivity contribution is -0.154. The summed E-state index contributed by atoms with van der Waals surface area (Å²) < 4.78 is 11.4. The van der Waals surface area contributed by atoms with Gasteiger partial charge in [-0.05, 0) is 12.3 Å². The van der Waals surface area contributed by atoms with Gasteiger partial charge in [-0.1, -0.05) is 39.3 Å². The summed E-state index contributed by atoms with van der Waals surface area (Å²) in [5.74, 6) is -0.845. The fourth-order valence-corrected chi connectivity index (χ4v) is 3.73. The van der Waals surface area contributed by atoms with Crippen molar-refractivity contribution in [2.45, 2.75) is 45.3 Å². The van der Waals surface area contributed by atoms with Crippen LogP contribution in [0.25, 0.3) is 0 Å². The highest BCUT2D eigenvalue weighted by atomic mass is 16.6. The molecule has 0 N–H and O–H groups in total. The molecule has 5 heteroatoms. The number of likely N-dealkylation sites (tertiary alicyclic amines) is 1. The SMILES string of the molecule is CCCCN1C[C@@]23C=C[C@H](O2)[C@@H](C(=O)OCC(C)C)[C@H]3C1=O. The number of carbonyl (C=O) groups excluding carboxylic acids is 2. The normalized spacial score (nSPS) is 35.5. The largest absolute Gasteiger partial charge is 0.465 e. The van der Waals surface area contributed by atoms with Crippen LogP contribution in [0.15, 0.2) is 12.2 Å². The van der Waals surface area contributed by atoms with Gasteiger partial charge in [0.1, 0.15) is 11.5 Å². The zero-order valence-electron chi connectivity index (χ0n) is 13.6. The van der Waals surface area contributed by atoms with E-state index in [4.69, 9.17) is 9.47 Å². The molecular formula is C17H25NO4. The van der Waals surface area contributed by atoms with E-state index in [2.05, 4.69) is 6.92 Å². The maximum absolute atomic E-state index is 12.7. The predicted molar refractivity (Wildman–Crippen MR) is 81.0 cm³/mol. The topological polar surface area (TPSA) is 55.8 Å². The maximum Gasteiger partial charge on any atom is 0.312 e. The van der Waals surface area contributed by atoms with Crippen molar-refractivity contribution in [2.75, 3.05) is 19.7 Å². The molecule has 2 saturated heterocycles. The van der Waals surface area contributed by atoms with E-state index < -0.39 is 17.4 Å². The number of amides is 1. The van der Waals surface area contributed by atoms with E-state index in [-0.39, 0.29) is 23.9 Å². The van der Waals surface area contributed by atoms with Crippen molar-refractivity contribution in [2.24, 2.45) is 17.8 Å². The molecule has 0 unspecified atom stereocenters. The van der Waals surface area contributed by atoms with Crippen LogP contribution in [0.5, 0.6) is 0 Å². The molecule has 0 saturated carbocycles. The van der Waals surface area contributed by atoms with Crippen molar-refractivity contribution in [3.63, 3.8) is 0 Å². The van der Waals surface area contributed by atoms with E-state index in [1.807, 2.05) is 30.9 Å². The highest BCUT2D eigenvalue weighted by Gasteiger charge is 2.67. The van der Waals surface area contributed by atoms with Crippen LogP contribution in [0.4, 0.5) is 0 Å². The van der Waals surface area contributed by atoms with Crippen LogP contribution < -0.4 is 0 Å². The van der Waals surface area contributed by atoms with Gasteiger partial charge < -0.3 is 14.4 Å². The van der Waals surface area contributed by atoms with Gasteiger partial charge >= 0.3 is 5.97 Å². The lowest BCUT2D eigenvalue weighted by Gasteiger charge is -2.23. The zero-order valence-corrected chi connectivity index (χ0v) is 13.6. The quantitative estimate of drug-likeness (QED) is 0.554. The molecule has 1 spiro atoms. The number of hydrogen-bond donors (Lipinski definition) is 0. The van der Waals surface area contributed by atoms with E-state index in [0.717, 1.165) is 19.4 Å². The molecule has 3 aliphatic heterocycles. The van der Waals surface area contributed by atoms with Crippen LogP contribution >= 0.6 is 0 Å². The van der Waals surface area contributed by atoms with Crippen molar-refractivity contribution in [3.8, 4) is 0 Å². The third-order valence-electron chi connectivity index (χ3n) is 4.79. The Morgan fingerprint density at radius 1 is 1.55 bits per heavy atom. The summed E-state index contributed by atoms with van der Waals surface area (Å²) >= 11 is 0. The van der Waals surface area contributed by atoms with Crippen molar-refractivity contribution in [1.29, 1.82) is 0 Å². The first-order valence-electron chi connectivity index (χ1n) is 8.31. The maximum atomic E-state index is 12.7. The Bertz CT molecular complexity index is 501. The molecule has 3 rings (SSSR count). The molecule has 2 bridgehead atoms. The van der Waals surface area contributed by atoms with Crippen LogP contribution in [0.2, 0.25) is 0 Å². The molecule has 122 valence electrons. The summed E-state index contributed by atoms with van der Waals surface area (Å²) in [6.45, 7) is 7.80. The first-order valence-corrected chi connectivity index (χ1v) is 8.31. The van der Waals surface area contributed by atoms with Crippen LogP contribution in [0.1, 0.15) is 33.6 Å². The number of esters is 1. The van der Waals surface area contributed by atoms with E-state index in [1.54, 1.807) is 0 Å². The van der Waals surface area contributed by atoms with Gasteiger partial charge in [-0.2, -0.15) is 0 Å². The van der Waals surface area contributed by atoms with Crippen LogP contribution in [0, 0.1) is 17.8 Å². The average molecular weight is 307 g/mol. The predicted octanol–water partition coefficient (Wildman–Crippen LogP) is 1.77. The molecule has 0 aliphatic carbocycles. The number of hydrogen-bond acceptors (Lipinski definition) is 4. The lowest BCUT2D eigenvalue weighted by atomic mass is 9.77. The van der Waals surface area contributed by atoms with Crippen molar-refractivity contribution < 1.29 is 19.1 Å². The molecule has 5 nitrogen and oxygen atoms in total. The first-order chi connectivity index (χ1) is 10.5. The van der Waals surface area contributed by atoms with Gasteiger partial charge in [0.05, 0.1) is 25.2 Å². The van der Waals surface area contributed by atoms with Gasteiger partial charge in [0.15, 0.2) is 0 Å². The summed E-state index contributed by atoms with van der Waals surface area (Å²) in [5, 5.41) is 0. The Morgan fingerprint density at radius 3 is 3.00 bits per heavy atom. The van der Waals surface area contributed by atoms with Gasteiger partial charge in [0.2, 0.25) is 5.91 Å². The van der Waals surface area contributed by atoms with Gasteiger partial charge in [0.25, 0.3) is 0 Å². The van der Waals surface area contributed by atoms with Crippen molar-refractivity contribution in [1.82, 2.24) is 4.90 Å². The Balaban J connectivity index is 1.76. The van der Waals surface area contributed by atoms with E-state index in [0.29, 0.717) is 13.2 Å². The number of fused-ring (bicyclic) bond motifs is 1. The summed E-state index contributed by atoms with van der Waals surface area (Å²) in [7, 11) is 0. The Morgan fingerprint density at radius 2 is 2.32 bits per heavy atom. The Labute approximate surface area is 131 Å². The fraction of sp³-hybridized carbons (Fsp3) is 0.765. The average Bonchev–Trinajstić information content (AvgIpc) is 3.11. The molecule has 22 heavy (non-hydrogen) atoms. The van der Waals surface area contributed by atoms with Crippen LogP contribution in [-0.4, -0.2) is 48.2 Å². The summed E-state index contributed by atoms with van der Waals surface area (Å²) in [6.07, 6.45) is 5.62. The Kier molecular flexibility index (Phi) is 4.02. The molecule has 0 aromatic heterocycles. The third kappa shape index (κ3) is 2.35.